The topological polar surface area (TPSA) is 116 Å². The highest BCUT2D eigenvalue weighted by atomic mass is 32.2. The number of nitrogens with one attached hydrogen (secondary N) is 1. The Labute approximate surface area is 162 Å². The molecular weight excluding hydrogens is 358 g/mol. The van der Waals surface area contributed by atoms with Crippen LogP contribution in [-0.2, 0) is 4.79 Å². The minimum Gasteiger partial charge on any atom is -0.383 e. The summed E-state index contributed by atoms with van der Waals surface area (Å²) in [4.78, 5) is 17.2. The minimum atomic E-state index is -0.557. The van der Waals surface area contributed by atoms with Crippen molar-refractivity contribution in [3.05, 3.63) is 53.1 Å². The van der Waals surface area contributed by atoms with Crippen molar-refractivity contribution in [2.45, 2.75) is 42.0 Å². The Morgan fingerprint density at radius 3 is 2.48 bits per heavy atom. The predicted octanol–water partition coefficient (Wildman–Crippen LogP) is 3.30. The zero-order valence-electron chi connectivity index (χ0n) is 14.7. The average Bonchev–Trinajstić information content (AvgIpc) is 3.19. The predicted molar refractivity (Wildman–Crippen MR) is 104 cm³/mol. The molecule has 27 heavy (non-hydrogen) atoms. The van der Waals surface area contributed by atoms with E-state index in [-0.39, 0.29) is 28.9 Å². The smallest absolute Gasteiger partial charge is 0.238 e. The number of carbonyl (C=O) groups is 1. The summed E-state index contributed by atoms with van der Waals surface area (Å²) in [5, 5.41) is 21.4. The van der Waals surface area contributed by atoms with Gasteiger partial charge in [0.15, 0.2) is 0 Å². The summed E-state index contributed by atoms with van der Waals surface area (Å²) in [5.41, 5.74) is 7.04. The molecule has 2 aromatic rings. The number of anilines is 1. The number of benzene rings is 1. The van der Waals surface area contributed by atoms with Gasteiger partial charge >= 0.3 is 0 Å². The molecule has 1 amide bonds. The number of aromatic nitrogens is 1. The molecule has 0 spiro atoms. The number of hydrogen-bond acceptors (Lipinski definition) is 6. The van der Waals surface area contributed by atoms with Gasteiger partial charge in [-0.15, -0.1) is 0 Å². The first-order valence-corrected chi connectivity index (χ1v) is 9.63. The lowest BCUT2D eigenvalue weighted by Crippen LogP contribution is -2.35. The number of nitrogens with zero attached hydrogens (tertiary/aromatic N) is 3. The molecule has 1 saturated carbocycles. The van der Waals surface area contributed by atoms with Gasteiger partial charge in [-0.2, -0.15) is 10.5 Å². The summed E-state index contributed by atoms with van der Waals surface area (Å²) in [6.45, 7) is 0. The van der Waals surface area contributed by atoms with Crippen LogP contribution in [0, 0.1) is 22.7 Å². The Hall–Kier alpha value is -3.03. The molecule has 3 rings (SSSR count). The maximum atomic E-state index is 13.0. The van der Waals surface area contributed by atoms with E-state index in [0.29, 0.717) is 5.03 Å². The molecule has 6 nitrogen and oxygen atoms in total. The Morgan fingerprint density at radius 2 is 1.85 bits per heavy atom. The molecule has 1 fully saturated rings. The summed E-state index contributed by atoms with van der Waals surface area (Å²) < 4.78 is 0. The van der Waals surface area contributed by atoms with Crippen molar-refractivity contribution in [2.24, 2.45) is 0 Å². The molecule has 1 aromatic heterocycles. The van der Waals surface area contributed by atoms with Crippen molar-refractivity contribution in [2.75, 3.05) is 5.73 Å². The lowest BCUT2D eigenvalue weighted by atomic mass is 10.1. The molecule has 3 N–H and O–H groups in total. The lowest BCUT2D eigenvalue weighted by Gasteiger charge is -2.20. The molecule has 0 bridgehead atoms. The van der Waals surface area contributed by atoms with Crippen LogP contribution in [0.5, 0.6) is 0 Å². The van der Waals surface area contributed by atoms with E-state index in [1.54, 1.807) is 0 Å². The van der Waals surface area contributed by atoms with Crippen molar-refractivity contribution in [3.8, 4) is 12.1 Å². The molecule has 1 unspecified atom stereocenters. The van der Waals surface area contributed by atoms with Crippen LogP contribution in [0.3, 0.4) is 0 Å². The third kappa shape index (κ3) is 4.39. The van der Waals surface area contributed by atoms with E-state index in [9.17, 15) is 10.1 Å². The highest BCUT2D eigenvalue weighted by Crippen LogP contribution is 2.37. The molecule has 0 radical (unpaired) electrons. The zero-order chi connectivity index (χ0) is 19.2. The van der Waals surface area contributed by atoms with E-state index in [4.69, 9.17) is 11.0 Å². The standard InChI is InChI=1S/C20H19N5OS/c21-11-14-10-15(12-22)20(25-18(14)23)27-17(13-6-2-1-3-7-13)19(26)24-16-8-4-5-9-16/h1-3,6-7,10,16-17H,4-5,8-9H2,(H2,23,25)(H,24,26). The molecular formula is C20H19N5OS. The summed E-state index contributed by atoms with van der Waals surface area (Å²) in [6.07, 6.45) is 4.23. The van der Waals surface area contributed by atoms with Crippen molar-refractivity contribution in [1.82, 2.24) is 10.3 Å². The molecule has 1 heterocycles. The number of nitrogen functional groups attached to an aromatic ring is 1. The number of hydrogen-bond donors (Lipinski definition) is 2. The third-order valence-electron chi connectivity index (χ3n) is 4.53. The van der Waals surface area contributed by atoms with Gasteiger partial charge in [0.1, 0.15) is 28.2 Å². The molecule has 7 heteroatoms. The van der Waals surface area contributed by atoms with Gasteiger partial charge in [-0.05, 0) is 24.5 Å². The second kappa shape index (κ2) is 8.57. The van der Waals surface area contributed by atoms with E-state index in [1.165, 1.54) is 17.8 Å². The summed E-state index contributed by atoms with van der Waals surface area (Å²) in [7, 11) is 0. The van der Waals surface area contributed by atoms with Crippen LogP contribution in [0.2, 0.25) is 0 Å². The zero-order valence-corrected chi connectivity index (χ0v) is 15.5. The fraction of sp³-hybridized carbons (Fsp3) is 0.300. The van der Waals surface area contributed by atoms with E-state index >= 15 is 0 Å². The van der Waals surface area contributed by atoms with E-state index < -0.39 is 5.25 Å². The normalized spacial score (nSPS) is 14.9. The maximum absolute atomic E-state index is 13.0. The second-order valence-corrected chi connectivity index (χ2v) is 7.49. The fourth-order valence-electron chi connectivity index (χ4n) is 3.13. The molecule has 1 aliphatic rings. The largest absolute Gasteiger partial charge is 0.383 e. The quantitative estimate of drug-likeness (QED) is 0.772. The molecule has 0 saturated heterocycles. The number of pyridine rings is 1. The Bertz CT molecular complexity index is 910. The van der Waals surface area contributed by atoms with E-state index in [2.05, 4.69) is 10.3 Å². The summed E-state index contributed by atoms with van der Waals surface area (Å²) in [5.74, 6) is -0.0475. The Kier molecular flexibility index (Phi) is 5.95. The maximum Gasteiger partial charge on any atom is 0.238 e. The van der Waals surface area contributed by atoms with Gasteiger partial charge in [0.25, 0.3) is 0 Å². The SMILES string of the molecule is N#Cc1cc(C#N)c(SC(C(=O)NC2CCCC2)c2ccccc2)nc1N. The first kappa shape index (κ1) is 18.8. The minimum absolute atomic E-state index is 0.0574. The van der Waals surface area contributed by atoms with Gasteiger partial charge in [-0.1, -0.05) is 54.9 Å². The third-order valence-corrected chi connectivity index (χ3v) is 5.79. The van der Waals surface area contributed by atoms with Crippen LogP contribution in [-0.4, -0.2) is 16.9 Å². The van der Waals surface area contributed by atoms with Crippen LogP contribution in [0.25, 0.3) is 0 Å². The van der Waals surface area contributed by atoms with Crippen LogP contribution in [0.4, 0.5) is 5.82 Å². The average molecular weight is 377 g/mol. The number of rotatable bonds is 5. The van der Waals surface area contributed by atoms with Crippen molar-refractivity contribution in [1.29, 1.82) is 10.5 Å². The highest BCUT2D eigenvalue weighted by Gasteiger charge is 2.27. The van der Waals surface area contributed by atoms with Gasteiger partial charge < -0.3 is 11.1 Å². The summed E-state index contributed by atoms with van der Waals surface area (Å²) >= 11 is 1.18. The highest BCUT2D eigenvalue weighted by molar-refractivity contribution is 8.00. The Balaban J connectivity index is 1.92. The second-order valence-electron chi connectivity index (χ2n) is 6.40. The van der Waals surface area contributed by atoms with E-state index in [1.807, 2.05) is 42.5 Å². The molecule has 0 aliphatic heterocycles. The molecule has 1 aliphatic carbocycles. The van der Waals surface area contributed by atoms with Crippen LogP contribution in [0.1, 0.15) is 47.6 Å². The summed E-state index contributed by atoms with van der Waals surface area (Å²) in [6, 6.07) is 15.0. The van der Waals surface area contributed by atoms with Gasteiger partial charge in [-0.3, -0.25) is 4.79 Å². The number of amides is 1. The molecule has 1 atom stereocenters. The molecule has 1 aromatic carbocycles. The number of thioether (sulfide) groups is 1. The first-order valence-electron chi connectivity index (χ1n) is 8.75. The van der Waals surface area contributed by atoms with Crippen LogP contribution >= 0.6 is 11.8 Å². The van der Waals surface area contributed by atoms with Crippen molar-refractivity contribution >= 4 is 23.5 Å². The van der Waals surface area contributed by atoms with Crippen LogP contribution < -0.4 is 11.1 Å². The van der Waals surface area contributed by atoms with Gasteiger partial charge in [0.05, 0.1) is 11.1 Å². The van der Waals surface area contributed by atoms with Crippen molar-refractivity contribution in [3.63, 3.8) is 0 Å². The Morgan fingerprint density at radius 1 is 1.19 bits per heavy atom. The van der Waals surface area contributed by atoms with E-state index in [0.717, 1.165) is 31.2 Å². The molecule has 136 valence electrons. The number of carbonyl (C=O) groups excluding carboxylic acids is 1. The number of nitriles is 2. The van der Waals surface area contributed by atoms with Gasteiger partial charge in [0, 0.05) is 6.04 Å². The monoisotopic (exact) mass is 377 g/mol. The lowest BCUT2D eigenvalue weighted by molar-refractivity contribution is -0.121. The van der Waals surface area contributed by atoms with Gasteiger partial charge in [0.2, 0.25) is 5.91 Å². The van der Waals surface area contributed by atoms with Gasteiger partial charge in [-0.25, -0.2) is 4.98 Å². The first-order chi connectivity index (χ1) is 13.1. The van der Waals surface area contributed by atoms with Crippen LogP contribution in [0.15, 0.2) is 41.4 Å². The van der Waals surface area contributed by atoms with Crippen molar-refractivity contribution < 1.29 is 4.79 Å². The fourth-order valence-corrected chi connectivity index (χ4v) is 4.20. The number of nitrogens with two attached hydrogens (primary N) is 1.